The van der Waals surface area contributed by atoms with E-state index in [9.17, 15) is 8.78 Å². The number of fused-ring (bicyclic) bond motifs is 1. The number of benzene rings is 2. The summed E-state index contributed by atoms with van der Waals surface area (Å²) in [6.07, 6.45) is -3.61. The van der Waals surface area contributed by atoms with Gasteiger partial charge in [0, 0.05) is 11.8 Å². The normalized spacial score (nSPS) is 15.2. The average molecular weight is 278 g/mol. The van der Waals surface area contributed by atoms with Crippen LogP contribution in [0, 0.1) is 6.92 Å². The third-order valence-electron chi connectivity index (χ3n) is 2.89. The van der Waals surface area contributed by atoms with Crippen molar-refractivity contribution in [3.8, 4) is 11.5 Å². The van der Waals surface area contributed by atoms with Crippen LogP contribution in [-0.4, -0.2) is 6.29 Å². The minimum Gasteiger partial charge on any atom is -0.397 e. The number of halogens is 2. The molecule has 0 spiro atoms. The molecule has 0 amide bonds. The highest BCUT2D eigenvalue weighted by atomic mass is 19.3. The predicted molar refractivity (Wildman–Crippen MR) is 71.5 cm³/mol. The van der Waals surface area contributed by atoms with Crippen LogP contribution in [0.1, 0.15) is 5.56 Å². The molecule has 3 N–H and O–H groups in total. The number of nitrogens with one attached hydrogen (secondary N) is 1. The summed E-state index contributed by atoms with van der Waals surface area (Å²) < 4.78 is 34.6. The van der Waals surface area contributed by atoms with Gasteiger partial charge in [-0.1, -0.05) is 6.07 Å². The van der Waals surface area contributed by atoms with Crippen LogP contribution in [0.3, 0.4) is 0 Å². The highest BCUT2D eigenvalue weighted by Gasteiger charge is 2.43. The van der Waals surface area contributed by atoms with Crippen molar-refractivity contribution < 1.29 is 18.3 Å². The zero-order chi connectivity index (χ0) is 14.3. The number of hydrogen-bond donors (Lipinski definition) is 2. The fourth-order valence-electron chi connectivity index (χ4n) is 1.96. The highest BCUT2D eigenvalue weighted by Crippen LogP contribution is 2.42. The highest BCUT2D eigenvalue weighted by molar-refractivity contribution is 5.74. The van der Waals surface area contributed by atoms with Gasteiger partial charge >= 0.3 is 6.29 Å². The van der Waals surface area contributed by atoms with Gasteiger partial charge in [0.25, 0.3) is 0 Å². The molecular formula is C14H12F2N2O2. The first kappa shape index (κ1) is 12.5. The van der Waals surface area contributed by atoms with E-state index < -0.39 is 6.29 Å². The number of nitrogen functional groups attached to an aromatic ring is 1. The Labute approximate surface area is 114 Å². The molecule has 0 saturated carbocycles. The monoisotopic (exact) mass is 278 g/mol. The Hall–Kier alpha value is -2.50. The van der Waals surface area contributed by atoms with Crippen molar-refractivity contribution in [3.63, 3.8) is 0 Å². The van der Waals surface area contributed by atoms with Crippen LogP contribution in [0.2, 0.25) is 0 Å². The molecule has 2 aromatic carbocycles. The van der Waals surface area contributed by atoms with E-state index in [1.807, 2.05) is 19.1 Å². The molecule has 4 nitrogen and oxygen atoms in total. The van der Waals surface area contributed by atoms with Gasteiger partial charge in [-0.25, -0.2) is 0 Å². The first-order chi connectivity index (χ1) is 9.43. The molecule has 6 heteroatoms. The van der Waals surface area contributed by atoms with Crippen LogP contribution in [0.5, 0.6) is 11.5 Å². The molecule has 1 aliphatic heterocycles. The number of ether oxygens (including phenoxy) is 2. The molecule has 2 aromatic rings. The van der Waals surface area contributed by atoms with Crippen molar-refractivity contribution in [3.05, 3.63) is 42.0 Å². The number of anilines is 3. The van der Waals surface area contributed by atoms with E-state index in [0.29, 0.717) is 17.1 Å². The third-order valence-corrected chi connectivity index (χ3v) is 2.89. The first-order valence-corrected chi connectivity index (χ1v) is 5.96. The van der Waals surface area contributed by atoms with Crippen molar-refractivity contribution >= 4 is 17.1 Å². The van der Waals surface area contributed by atoms with E-state index in [4.69, 9.17) is 5.73 Å². The number of alkyl halides is 2. The van der Waals surface area contributed by atoms with Crippen LogP contribution in [0.25, 0.3) is 0 Å². The lowest BCUT2D eigenvalue weighted by Crippen LogP contribution is -2.25. The molecule has 0 atom stereocenters. The minimum absolute atomic E-state index is 0.00813. The van der Waals surface area contributed by atoms with Crippen molar-refractivity contribution in [1.29, 1.82) is 0 Å². The molecule has 104 valence electrons. The summed E-state index contributed by atoms with van der Waals surface area (Å²) in [4.78, 5) is 0. The van der Waals surface area contributed by atoms with Gasteiger partial charge in [-0.05, 0) is 36.8 Å². The number of nitrogens with two attached hydrogens (primary N) is 1. The Kier molecular flexibility index (Phi) is 2.67. The van der Waals surface area contributed by atoms with Gasteiger partial charge in [0.1, 0.15) is 0 Å². The van der Waals surface area contributed by atoms with Crippen molar-refractivity contribution in [2.45, 2.75) is 13.2 Å². The van der Waals surface area contributed by atoms with Gasteiger partial charge in [0.05, 0.1) is 11.4 Å². The second-order valence-electron chi connectivity index (χ2n) is 4.54. The molecule has 0 aromatic heterocycles. The Balaban J connectivity index is 1.88. The Morgan fingerprint density at radius 1 is 1.05 bits per heavy atom. The van der Waals surface area contributed by atoms with Gasteiger partial charge in [-0.2, -0.15) is 0 Å². The Morgan fingerprint density at radius 2 is 1.80 bits per heavy atom. The SMILES string of the molecule is Cc1ccc(N)c(Nc2ccc3c(c2)OC(F)(F)O3)c1. The number of rotatable bonds is 2. The van der Waals surface area contributed by atoms with E-state index in [1.54, 1.807) is 12.1 Å². The zero-order valence-electron chi connectivity index (χ0n) is 10.6. The average Bonchev–Trinajstić information content (AvgIpc) is 2.67. The predicted octanol–water partition coefficient (Wildman–Crippen LogP) is 3.64. The van der Waals surface area contributed by atoms with Crippen LogP contribution in [-0.2, 0) is 0 Å². The third kappa shape index (κ3) is 2.32. The Bertz CT molecular complexity index is 674. The molecule has 0 fully saturated rings. The first-order valence-electron chi connectivity index (χ1n) is 5.96. The summed E-state index contributed by atoms with van der Waals surface area (Å²) in [6.45, 7) is 1.94. The van der Waals surface area contributed by atoms with Crippen LogP contribution in [0.4, 0.5) is 25.8 Å². The second kappa shape index (κ2) is 4.26. The van der Waals surface area contributed by atoms with E-state index in [0.717, 1.165) is 5.56 Å². The molecule has 0 aliphatic carbocycles. The molecule has 1 aliphatic rings. The molecule has 3 rings (SSSR count). The summed E-state index contributed by atoms with van der Waals surface area (Å²) >= 11 is 0. The van der Waals surface area contributed by atoms with Gasteiger partial charge in [-0.3, -0.25) is 0 Å². The fourth-order valence-corrected chi connectivity index (χ4v) is 1.96. The van der Waals surface area contributed by atoms with Gasteiger partial charge in [0.2, 0.25) is 0 Å². The van der Waals surface area contributed by atoms with Gasteiger partial charge in [0.15, 0.2) is 11.5 Å². The smallest absolute Gasteiger partial charge is 0.397 e. The topological polar surface area (TPSA) is 56.5 Å². The van der Waals surface area contributed by atoms with Gasteiger partial charge < -0.3 is 20.5 Å². The molecule has 0 radical (unpaired) electrons. The van der Waals surface area contributed by atoms with Crippen molar-refractivity contribution in [2.24, 2.45) is 0 Å². The maximum atomic E-state index is 12.9. The number of hydrogen-bond acceptors (Lipinski definition) is 4. The van der Waals surface area contributed by atoms with Crippen LogP contribution >= 0.6 is 0 Å². The van der Waals surface area contributed by atoms with E-state index >= 15 is 0 Å². The summed E-state index contributed by atoms with van der Waals surface area (Å²) in [5.41, 5.74) is 8.75. The summed E-state index contributed by atoms with van der Waals surface area (Å²) in [7, 11) is 0. The summed E-state index contributed by atoms with van der Waals surface area (Å²) in [6, 6.07) is 10.0. The fraction of sp³-hybridized carbons (Fsp3) is 0.143. The van der Waals surface area contributed by atoms with Crippen LogP contribution in [0.15, 0.2) is 36.4 Å². The maximum absolute atomic E-state index is 12.9. The van der Waals surface area contributed by atoms with E-state index in [-0.39, 0.29) is 11.5 Å². The van der Waals surface area contributed by atoms with Gasteiger partial charge in [-0.15, -0.1) is 8.78 Å². The zero-order valence-corrected chi connectivity index (χ0v) is 10.6. The Morgan fingerprint density at radius 3 is 2.60 bits per heavy atom. The standard InChI is InChI=1S/C14H12F2N2O2/c1-8-2-4-10(17)11(6-8)18-9-3-5-12-13(7-9)20-14(15,16)19-12/h2-7,18H,17H2,1H3. The molecule has 1 heterocycles. The summed E-state index contributed by atoms with van der Waals surface area (Å²) in [5.74, 6) is 0.00369. The quantitative estimate of drug-likeness (QED) is 0.823. The molecule has 0 unspecified atom stereocenters. The van der Waals surface area contributed by atoms with Crippen LogP contribution < -0.4 is 20.5 Å². The number of aryl methyl sites for hydroxylation is 1. The molecule has 0 bridgehead atoms. The lowest BCUT2D eigenvalue weighted by atomic mass is 10.2. The molecule has 0 saturated heterocycles. The van der Waals surface area contributed by atoms with E-state index in [2.05, 4.69) is 14.8 Å². The summed E-state index contributed by atoms with van der Waals surface area (Å²) in [5, 5.41) is 3.06. The minimum atomic E-state index is -3.61. The largest absolute Gasteiger partial charge is 0.586 e. The van der Waals surface area contributed by atoms with Crippen molar-refractivity contribution in [1.82, 2.24) is 0 Å². The lowest BCUT2D eigenvalue weighted by Gasteiger charge is -2.10. The van der Waals surface area contributed by atoms with Crippen molar-refractivity contribution in [2.75, 3.05) is 11.1 Å². The molecule has 20 heavy (non-hydrogen) atoms. The molecular weight excluding hydrogens is 266 g/mol. The lowest BCUT2D eigenvalue weighted by molar-refractivity contribution is -0.286. The van der Waals surface area contributed by atoms with E-state index in [1.165, 1.54) is 12.1 Å². The maximum Gasteiger partial charge on any atom is 0.586 e. The second-order valence-corrected chi connectivity index (χ2v) is 4.54.